The van der Waals surface area contributed by atoms with E-state index >= 15 is 0 Å². The molecule has 2 nitrogen and oxygen atoms in total. The fraction of sp³-hybridized carbons (Fsp3) is 0.235. The van der Waals surface area contributed by atoms with Crippen LogP contribution in [0.25, 0.3) is 0 Å². The van der Waals surface area contributed by atoms with Gasteiger partial charge in [0.2, 0.25) is 0 Å². The van der Waals surface area contributed by atoms with E-state index in [0.717, 1.165) is 12.8 Å². The van der Waals surface area contributed by atoms with Crippen LogP contribution in [0, 0.1) is 0 Å². The number of ketones is 1. The largest absolute Gasteiger partial charge is 0.373 e. The Morgan fingerprint density at radius 3 is 2.21 bits per heavy atom. The van der Waals surface area contributed by atoms with Crippen LogP contribution in [0.3, 0.4) is 0 Å². The molecule has 2 aromatic carbocycles. The van der Waals surface area contributed by atoms with E-state index in [1.54, 1.807) is 0 Å². The number of hydrogen-bond donors (Lipinski definition) is 0. The fourth-order valence-corrected chi connectivity index (χ4v) is 1.90. The van der Waals surface area contributed by atoms with Crippen molar-refractivity contribution in [2.24, 2.45) is 0 Å². The number of hydrogen-bond acceptors (Lipinski definition) is 2. The number of benzene rings is 2. The maximum atomic E-state index is 11.8. The van der Waals surface area contributed by atoms with Gasteiger partial charge in [-0.15, -0.1) is 0 Å². The van der Waals surface area contributed by atoms with Gasteiger partial charge in [-0.3, -0.25) is 4.79 Å². The van der Waals surface area contributed by atoms with Gasteiger partial charge in [0.05, 0.1) is 0 Å². The Bertz CT molecular complexity index is 491. The van der Waals surface area contributed by atoms with Crippen LogP contribution in [-0.2, 0) is 11.2 Å². The van der Waals surface area contributed by atoms with Crippen LogP contribution < -0.4 is 0 Å². The van der Waals surface area contributed by atoms with Crippen LogP contribution in [0.5, 0.6) is 0 Å². The lowest BCUT2D eigenvalue weighted by Gasteiger charge is -2.04. The molecule has 0 aromatic heterocycles. The monoisotopic (exact) mass is 254 g/mol. The average molecular weight is 254 g/mol. The molecule has 0 saturated heterocycles. The van der Waals surface area contributed by atoms with E-state index in [4.69, 9.17) is 4.74 Å². The van der Waals surface area contributed by atoms with Gasteiger partial charge in [-0.25, -0.2) is 0 Å². The molecule has 0 radical (unpaired) electrons. The topological polar surface area (TPSA) is 26.3 Å². The minimum Gasteiger partial charge on any atom is -0.373 e. The van der Waals surface area contributed by atoms with Crippen molar-refractivity contribution in [2.45, 2.75) is 12.8 Å². The Labute approximate surface area is 114 Å². The van der Waals surface area contributed by atoms with Gasteiger partial charge >= 0.3 is 0 Å². The third kappa shape index (κ3) is 4.68. The first-order valence-electron chi connectivity index (χ1n) is 6.56. The molecule has 0 fully saturated rings. The number of rotatable bonds is 7. The normalized spacial score (nSPS) is 10.3. The Kier molecular flexibility index (Phi) is 5.32. The summed E-state index contributed by atoms with van der Waals surface area (Å²) >= 11 is 0. The lowest BCUT2D eigenvalue weighted by Crippen LogP contribution is -2.10. The Morgan fingerprint density at radius 2 is 1.53 bits per heavy atom. The molecule has 0 heterocycles. The maximum absolute atomic E-state index is 11.8. The number of aryl methyl sites for hydroxylation is 1. The van der Waals surface area contributed by atoms with Gasteiger partial charge in [-0.2, -0.15) is 0 Å². The number of ether oxygens (including phenoxy) is 1. The summed E-state index contributed by atoms with van der Waals surface area (Å²) in [6.07, 6.45) is 1.92. The third-order valence-corrected chi connectivity index (χ3v) is 2.93. The molecule has 98 valence electrons. The van der Waals surface area contributed by atoms with Crippen LogP contribution in [0.2, 0.25) is 0 Å². The Morgan fingerprint density at radius 1 is 0.895 bits per heavy atom. The van der Waals surface area contributed by atoms with Gasteiger partial charge in [0, 0.05) is 12.2 Å². The third-order valence-electron chi connectivity index (χ3n) is 2.93. The minimum absolute atomic E-state index is 0.0420. The minimum atomic E-state index is 0.0420. The van der Waals surface area contributed by atoms with E-state index in [1.165, 1.54) is 5.56 Å². The van der Waals surface area contributed by atoms with E-state index in [-0.39, 0.29) is 12.4 Å². The predicted molar refractivity (Wildman–Crippen MR) is 76.4 cm³/mol. The highest BCUT2D eigenvalue weighted by Crippen LogP contribution is 2.03. The summed E-state index contributed by atoms with van der Waals surface area (Å²) < 4.78 is 5.42. The Hall–Kier alpha value is -1.93. The molecule has 0 aliphatic heterocycles. The van der Waals surface area contributed by atoms with Crippen LogP contribution in [0.15, 0.2) is 60.7 Å². The van der Waals surface area contributed by atoms with Crippen LogP contribution in [0.4, 0.5) is 0 Å². The maximum Gasteiger partial charge on any atom is 0.188 e. The first-order valence-corrected chi connectivity index (χ1v) is 6.56. The Balaban J connectivity index is 1.63. The highest BCUT2D eigenvalue weighted by atomic mass is 16.5. The molecule has 0 atom stereocenters. The highest BCUT2D eigenvalue weighted by Gasteiger charge is 2.04. The summed E-state index contributed by atoms with van der Waals surface area (Å²) in [6.45, 7) is 0.784. The lowest BCUT2D eigenvalue weighted by molar-refractivity contribution is 0.0756. The van der Waals surface area contributed by atoms with Crippen LogP contribution in [0.1, 0.15) is 22.3 Å². The van der Waals surface area contributed by atoms with Gasteiger partial charge in [0.15, 0.2) is 5.78 Å². The molecule has 0 aliphatic carbocycles. The summed E-state index contributed by atoms with van der Waals surface area (Å²) in [5.74, 6) is 0.0420. The highest BCUT2D eigenvalue weighted by molar-refractivity contribution is 5.96. The second kappa shape index (κ2) is 7.49. The van der Waals surface area contributed by atoms with Gasteiger partial charge < -0.3 is 4.74 Å². The molecule has 2 aromatic rings. The number of Topliss-reactive ketones (excluding diaryl/α,β-unsaturated/α-hetero) is 1. The van der Waals surface area contributed by atoms with Crippen LogP contribution >= 0.6 is 0 Å². The van der Waals surface area contributed by atoms with Crippen LogP contribution in [-0.4, -0.2) is 19.0 Å². The zero-order valence-corrected chi connectivity index (χ0v) is 10.9. The van der Waals surface area contributed by atoms with Gasteiger partial charge in [-0.1, -0.05) is 60.7 Å². The fourth-order valence-electron chi connectivity index (χ4n) is 1.90. The molecule has 0 aliphatic rings. The zero-order chi connectivity index (χ0) is 13.3. The summed E-state index contributed by atoms with van der Waals surface area (Å²) in [7, 11) is 0. The summed E-state index contributed by atoms with van der Waals surface area (Å²) in [6, 6.07) is 19.6. The van der Waals surface area contributed by atoms with Crippen molar-refractivity contribution in [3.05, 3.63) is 71.8 Å². The molecule has 19 heavy (non-hydrogen) atoms. The van der Waals surface area contributed by atoms with E-state index in [2.05, 4.69) is 12.1 Å². The van der Waals surface area contributed by atoms with Crippen molar-refractivity contribution < 1.29 is 9.53 Å². The SMILES string of the molecule is O=C(COCCCc1ccccc1)c1ccccc1. The van der Waals surface area contributed by atoms with Crippen molar-refractivity contribution >= 4 is 5.78 Å². The van der Waals surface area contributed by atoms with Crippen molar-refractivity contribution in [1.82, 2.24) is 0 Å². The van der Waals surface area contributed by atoms with Crippen molar-refractivity contribution in [2.75, 3.05) is 13.2 Å². The second-order valence-corrected chi connectivity index (χ2v) is 4.43. The molecule has 2 rings (SSSR count). The first kappa shape index (κ1) is 13.5. The molecule has 0 N–H and O–H groups in total. The van der Waals surface area contributed by atoms with E-state index in [0.29, 0.717) is 12.2 Å². The van der Waals surface area contributed by atoms with Crippen molar-refractivity contribution in [1.29, 1.82) is 0 Å². The molecule has 0 bridgehead atoms. The quantitative estimate of drug-likeness (QED) is 0.558. The van der Waals surface area contributed by atoms with E-state index in [9.17, 15) is 4.79 Å². The summed E-state index contributed by atoms with van der Waals surface area (Å²) in [5.41, 5.74) is 2.02. The predicted octanol–water partition coefficient (Wildman–Crippen LogP) is 3.52. The molecular formula is C17H18O2. The summed E-state index contributed by atoms with van der Waals surface area (Å²) in [5, 5.41) is 0. The second-order valence-electron chi connectivity index (χ2n) is 4.43. The number of carbonyl (C=O) groups excluding carboxylic acids is 1. The smallest absolute Gasteiger partial charge is 0.188 e. The molecule has 0 unspecified atom stereocenters. The van der Waals surface area contributed by atoms with E-state index in [1.807, 2.05) is 48.5 Å². The summed E-state index contributed by atoms with van der Waals surface area (Å²) in [4.78, 5) is 11.8. The van der Waals surface area contributed by atoms with Gasteiger partial charge in [0.25, 0.3) is 0 Å². The average Bonchev–Trinajstić information content (AvgIpc) is 2.49. The standard InChI is InChI=1S/C17H18O2/c18-17(16-11-5-2-6-12-16)14-19-13-7-10-15-8-3-1-4-9-15/h1-6,8-9,11-12H,7,10,13-14H2. The van der Waals surface area contributed by atoms with Crippen molar-refractivity contribution in [3.63, 3.8) is 0 Å². The lowest BCUT2D eigenvalue weighted by atomic mass is 10.1. The van der Waals surface area contributed by atoms with Gasteiger partial charge in [-0.05, 0) is 18.4 Å². The van der Waals surface area contributed by atoms with Gasteiger partial charge in [0.1, 0.15) is 6.61 Å². The van der Waals surface area contributed by atoms with E-state index < -0.39 is 0 Å². The molecule has 2 heteroatoms. The number of carbonyl (C=O) groups is 1. The molecule has 0 amide bonds. The van der Waals surface area contributed by atoms with Crippen molar-refractivity contribution in [3.8, 4) is 0 Å². The zero-order valence-electron chi connectivity index (χ0n) is 10.9. The first-order chi connectivity index (χ1) is 9.36. The molecule has 0 spiro atoms. The molecular weight excluding hydrogens is 236 g/mol. The molecule has 0 saturated carbocycles.